The molecule has 5 heteroatoms. The lowest BCUT2D eigenvalue weighted by Gasteiger charge is -2.06. The van der Waals surface area contributed by atoms with E-state index < -0.39 is 5.97 Å². The number of carbonyl (C=O) groups is 2. The Hall–Kier alpha value is -1.91. The van der Waals surface area contributed by atoms with Gasteiger partial charge in [0.1, 0.15) is 5.84 Å². The lowest BCUT2D eigenvalue weighted by molar-refractivity contribution is -0.131. The lowest BCUT2D eigenvalue weighted by Crippen LogP contribution is -2.32. The lowest BCUT2D eigenvalue weighted by atomic mass is 10.2. The number of amidine groups is 1. The average molecular weight is 210 g/mol. The fourth-order valence-corrected chi connectivity index (χ4v) is 0.636. The van der Waals surface area contributed by atoms with E-state index in [4.69, 9.17) is 5.11 Å². The Kier molecular flexibility index (Phi) is 5.70. The first-order chi connectivity index (χ1) is 6.97. The van der Waals surface area contributed by atoms with Crippen LogP contribution in [0.1, 0.15) is 13.8 Å². The van der Waals surface area contributed by atoms with Crippen molar-refractivity contribution in [1.29, 1.82) is 0 Å². The molecule has 0 aromatic carbocycles. The largest absolute Gasteiger partial charge is 0.478 e. The minimum atomic E-state index is -1.11. The second kappa shape index (κ2) is 6.53. The maximum atomic E-state index is 11.3. The molecule has 0 saturated carbocycles. The maximum Gasteiger partial charge on any atom is 0.328 e. The van der Waals surface area contributed by atoms with Crippen molar-refractivity contribution in [1.82, 2.24) is 5.32 Å². The molecule has 15 heavy (non-hydrogen) atoms. The molecule has 1 amide bonds. The highest BCUT2D eigenvalue weighted by atomic mass is 16.4. The van der Waals surface area contributed by atoms with Gasteiger partial charge in [0.2, 0.25) is 5.91 Å². The number of nitrogens with one attached hydrogen (secondary N) is 1. The second-order valence-corrected chi connectivity index (χ2v) is 3.01. The molecule has 0 unspecified atom stereocenters. The van der Waals surface area contributed by atoms with E-state index in [1.54, 1.807) is 13.8 Å². The van der Waals surface area contributed by atoms with Crippen LogP contribution in [-0.2, 0) is 9.59 Å². The minimum Gasteiger partial charge on any atom is -0.478 e. The predicted octanol–water partition coefficient (Wildman–Crippen LogP) is 0.941. The zero-order valence-electron chi connectivity index (χ0n) is 8.73. The van der Waals surface area contributed by atoms with Gasteiger partial charge < -0.3 is 10.4 Å². The molecule has 0 bridgehead atoms. The van der Waals surface area contributed by atoms with Crippen molar-refractivity contribution < 1.29 is 14.7 Å². The van der Waals surface area contributed by atoms with Crippen LogP contribution in [-0.4, -0.2) is 22.8 Å². The van der Waals surface area contributed by atoms with Gasteiger partial charge >= 0.3 is 5.97 Å². The topological polar surface area (TPSA) is 78.8 Å². The molecule has 0 aliphatic heterocycles. The summed E-state index contributed by atoms with van der Waals surface area (Å²) in [5.41, 5.74) is 0. The molecule has 5 nitrogen and oxygen atoms in total. The second-order valence-electron chi connectivity index (χ2n) is 3.01. The highest BCUT2D eigenvalue weighted by Crippen LogP contribution is 1.91. The third-order valence-electron chi connectivity index (χ3n) is 1.39. The first-order valence-corrected chi connectivity index (χ1v) is 4.38. The number of carbonyl (C=O) groups excluding carboxylic acids is 1. The molecule has 0 heterocycles. The van der Waals surface area contributed by atoms with Gasteiger partial charge in [-0.1, -0.05) is 20.4 Å². The Morgan fingerprint density at radius 2 is 2.00 bits per heavy atom. The number of aliphatic carboxylic acids is 1. The number of nitrogens with zero attached hydrogens (tertiary/aromatic N) is 1. The molecular formula is C10H14N2O3. The number of amides is 1. The molecule has 0 radical (unpaired) electrons. The Balaban J connectivity index is 4.56. The summed E-state index contributed by atoms with van der Waals surface area (Å²) in [7, 11) is 0. The summed E-state index contributed by atoms with van der Waals surface area (Å²) in [5, 5.41) is 10.9. The zero-order chi connectivity index (χ0) is 11.8. The molecule has 0 fully saturated rings. The number of hydrogen-bond donors (Lipinski definition) is 2. The third-order valence-corrected chi connectivity index (χ3v) is 1.39. The van der Waals surface area contributed by atoms with Gasteiger partial charge in [-0.05, 0) is 6.08 Å². The van der Waals surface area contributed by atoms with Gasteiger partial charge in [0, 0.05) is 18.2 Å². The number of carboxylic acids is 1. The zero-order valence-corrected chi connectivity index (χ0v) is 8.73. The molecule has 0 rings (SSSR count). The quantitative estimate of drug-likeness (QED) is 0.412. The van der Waals surface area contributed by atoms with Gasteiger partial charge in [-0.15, -0.1) is 0 Å². The molecule has 0 aliphatic carbocycles. The molecule has 0 spiro atoms. The summed E-state index contributed by atoms with van der Waals surface area (Å²) in [6, 6.07) is 0. The van der Waals surface area contributed by atoms with Crippen LogP contribution >= 0.6 is 0 Å². The molecule has 0 aromatic rings. The summed E-state index contributed by atoms with van der Waals surface area (Å²) in [4.78, 5) is 25.2. The van der Waals surface area contributed by atoms with Crippen molar-refractivity contribution in [2.24, 2.45) is 10.9 Å². The number of carboxylic acid groups (broad SMARTS) is 1. The molecule has 0 atom stereocenters. The van der Waals surface area contributed by atoms with Gasteiger partial charge in [-0.25, -0.2) is 9.79 Å². The normalized spacial score (nSPS) is 11.8. The van der Waals surface area contributed by atoms with Crippen LogP contribution in [0.15, 0.2) is 29.9 Å². The van der Waals surface area contributed by atoms with Gasteiger partial charge in [0.15, 0.2) is 0 Å². The Morgan fingerprint density at radius 1 is 1.40 bits per heavy atom. The van der Waals surface area contributed by atoms with Gasteiger partial charge in [0.05, 0.1) is 0 Å². The van der Waals surface area contributed by atoms with Crippen LogP contribution in [0.25, 0.3) is 0 Å². The summed E-state index contributed by atoms with van der Waals surface area (Å²) in [6.07, 6.45) is 3.31. The van der Waals surface area contributed by atoms with Crippen LogP contribution in [0.2, 0.25) is 0 Å². The number of hydrogen-bond acceptors (Lipinski definition) is 3. The van der Waals surface area contributed by atoms with Crippen LogP contribution in [0, 0.1) is 5.92 Å². The van der Waals surface area contributed by atoms with Gasteiger partial charge in [-0.3, -0.25) is 4.79 Å². The van der Waals surface area contributed by atoms with E-state index in [1.165, 1.54) is 12.3 Å². The first kappa shape index (κ1) is 13.1. The Labute approximate surface area is 88.2 Å². The van der Waals surface area contributed by atoms with Crippen molar-refractivity contribution in [3.05, 3.63) is 24.9 Å². The molecule has 0 aromatic heterocycles. The standard InChI is InChI=1S/C10H14N2O3/c1-4-11-8(5-6-9(13)14)12-10(15)7(2)3/h4-7H,1H2,2-3H3,(H,13,14)(H,11,12,15)/b6-5+. The molecule has 0 saturated heterocycles. The van der Waals surface area contributed by atoms with Crippen LogP contribution in [0.3, 0.4) is 0 Å². The molecule has 2 N–H and O–H groups in total. The van der Waals surface area contributed by atoms with E-state index in [-0.39, 0.29) is 17.7 Å². The average Bonchev–Trinajstić information content (AvgIpc) is 2.14. The first-order valence-electron chi connectivity index (χ1n) is 4.38. The summed E-state index contributed by atoms with van der Waals surface area (Å²) in [5.74, 6) is -1.37. The summed E-state index contributed by atoms with van der Waals surface area (Å²) >= 11 is 0. The number of aliphatic imine (C=N–C) groups is 1. The van der Waals surface area contributed by atoms with Crippen molar-refractivity contribution in [3.63, 3.8) is 0 Å². The third kappa shape index (κ3) is 6.20. The van der Waals surface area contributed by atoms with Gasteiger partial charge in [-0.2, -0.15) is 0 Å². The van der Waals surface area contributed by atoms with Crippen molar-refractivity contribution >= 4 is 17.7 Å². The number of rotatable bonds is 4. The van der Waals surface area contributed by atoms with E-state index in [1.807, 2.05) is 0 Å². The molecule has 0 aliphatic rings. The highest BCUT2D eigenvalue weighted by Gasteiger charge is 2.07. The summed E-state index contributed by atoms with van der Waals surface area (Å²) in [6.45, 7) is 6.81. The van der Waals surface area contributed by atoms with Crippen LogP contribution in [0.5, 0.6) is 0 Å². The minimum absolute atomic E-state index is 0.158. The smallest absolute Gasteiger partial charge is 0.328 e. The Morgan fingerprint density at radius 3 is 2.40 bits per heavy atom. The maximum absolute atomic E-state index is 11.3. The van der Waals surface area contributed by atoms with E-state index in [0.29, 0.717) is 0 Å². The van der Waals surface area contributed by atoms with E-state index in [2.05, 4.69) is 16.9 Å². The Bertz CT molecular complexity index is 317. The molecular weight excluding hydrogens is 196 g/mol. The van der Waals surface area contributed by atoms with E-state index in [0.717, 1.165) is 6.08 Å². The van der Waals surface area contributed by atoms with Crippen molar-refractivity contribution in [2.75, 3.05) is 0 Å². The predicted molar refractivity (Wildman–Crippen MR) is 57.4 cm³/mol. The fourth-order valence-electron chi connectivity index (χ4n) is 0.636. The molecule has 82 valence electrons. The van der Waals surface area contributed by atoms with Gasteiger partial charge in [0.25, 0.3) is 0 Å². The fraction of sp³-hybridized carbons (Fsp3) is 0.300. The SMILES string of the molecule is C=CN=C(/C=C/C(=O)O)NC(=O)C(C)C. The summed E-state index contributed by atoms with van der Waals surface area (Å²) < 4.78 is 0. The van der Waals surface area contributed by atoms with E-state index in [9.17, 15) is 9.59 Å². The van der Waals surface area contributed by atoms with Crippen LogP contribution < -0.4 is 5.32 Å². The van der Waals surface area contributed by atoms with E-state index >= 15 is 0 Å². The monoisotopic (exact) mass is 210 g/mol. The van der Waals surface area contributed by atoms with Crippen molar-refractivity contribution in [3.8, 4) is 0 Å². The van der Waals surface area contributed by atoms with Crippen molar-refractivity contribution in [2.45, 2.75) is 13.8 Å². The highest BCUT2D eigenvalue weighted by molar-refractivity contribution is 6.06. The van der Waals surface area contributed by atoms with Crippen LogP contribution in [0.4, 0.5) is 0 Å².